The maximum Gasteiger partial charge on any atom is 0.238 e. The molecule has 3 saturated heterocycles. The van der Waals surface area contributed by atoms with Crippen LogP contribution in [0, 0.1) is 13.8 Å². The lowest BCUT2D eigenvalue weighted by Crippen LogP contribution is -2.70. The van der Waals surface area contributed by atoms with Crippen molar-refractivity contribution in [1.82, 2.24) is 14.9 Å². The minimum atomic E-state index is -0.138. The van der Waals surface area contributed by atoms with Gasteiger partial charge in [-0.1, -0.05) is 6.07 Å². The Bertz CT molecular complexity index is 935. The van der Waals surface area contributed by atoms with Crippen molar-refractivity contribution in [3.63, 3.8) is 0 Å². The predicted molar refractivity (Wildman–Crippen MR) is 112 cm³/mol. The van der Waals surface area contributed by atoms with Crippen LogP contribution in [0.4, 0.5) is 17.2 Å². The van der Waals surface area contributed by atoms with Gasteiger partial charge in [0, 0.05) is 54.7 Å². The molecule has 1 aromatic carbocycles. The highest BCUT2D eigenvalue weighted by Crippen LogP contribution is 2.34. The summed E-state index contributed by atoms with van der Waals surface area (Å²) in [6, 6.07) is 7.91. The van der Waals surface area contributed by atoms with Crippen LogP contribution in [0.1, 0.15) is 24.6 Å². The summed E-state index contributed by atoms with van der Waals surface area (Å²) in [7, 11) is 0. The summed E-state index contributed by atoms with van der Waals surface area (Å²) in [5, 5.41) is 5.66. The zero-order chi connectivity index (χ0) is 20.5. The van der Waals surface area contributed by atoms with E-state index >= 15 is 0 Å². The normalized spacial score (nSPS) is 20.7. The molecule has 4 heterocycles. The first kappa shape index (κ1) is 19.3. The number of aryl methyl sites for hydroxylation is 1. The third-order valence-electron chi connectivity index (χ3n) is 5.75. The van der Waals surface area contributed by atoms with Crippen LogP contribution in [0.2, 0.25) is 0 Å². The van der Waals surface area contributed by atoms with Crippen LogP contribution >= 0.6 is 0 Å². The van der Waals surface area contributed by atoms with Gasteiger partial charge in [0.25, 0.3) is 0 Å². The number of aromatic nitrogens is 2. The van der Waals surface area contributed by atoms with Crippen molar-refractivity contribution in [3.05, 3.63) is 41.9 Å². The van der Waals surface area contributed by atoms with Crippen LogP contribution in [0.25, 0.3) is 0 Å². The number of piperidine rings is 1. The van der Waals surface area contributed by atoms with Gasteiger partial charge in [-0.2, -0.15) is 0 Å². The van der Waals surface area contributed by atoms with Gasteiger partial charge in [-0.3, -0.25) is 14.5 Å². The van der Waals surface area contributed by atoms with Gasteiger partial charge in [-0.05, 0) is 38.5 Å². The number of hydrogen-bond acceptors (Lipinski definition) is 6. The van der Waals surface area contributed by atoms with Gasteiger partial charge in [-0.15, -0.1) is 0 Å². The standard InChI is InChI=1S/C21H26N6O2/c1-13-14(2)22-12-23-21(13)26-9-18-8-19(10-26)27(18)11-20(29)25-17-6-4-5-16(7-17)24-15(3)28/h4-7,12,18-19H,8-11H2,1-3H3,(H,24,28)(H,25,29). The quantitative estimate of drug-likeness (QED) is 0.806. The molecule has 152 valence electrons. The van der Waals surface area contributed by atoms with Crippen LogP contribution in [-0.4, -0.2) is 58.4 Å². The molecule has 0 saturated carbocycles. The third kappa shape index (κ3) is 4.07. The van der Waals surface area contributed by atoms with E-state index in [0.29, 0.717) is 30.0 Å². The predicted octanol–water partition coefficient (Wildman–Crippen LogP) is 1.95. The van der Waals surface area contributed by atoms with E-state index in [9.17, 15) is 9.59 Å². The topological polar surface area (TPSA) is 90.5 Å². The maximum atomic E-state index is 12.6. The Morgan fingerprint density at radius 2 is 1.79 bits per heavy atom. The van der Waals surface area contributed by atoms with Gasteiger partial charge in [0.15, 0.2) is 0 Å². The zero-order valence-electron chi connectivity index (χ0n) is 17.0. The van der Waals surface area contributed by atoms with E-state index in [1.165, 1.54) is 6.92 Å². The van der Waals surface area contributed by atoms with Crippen molar-refractivity contribution in [2.45, 2.75) is 39.3 Å². The summed E-state index contributed by atoms with van der Waals surface area (Å²) in [6.45, 7) is 7.64. The highest BCUT2D eigenvalue weighted by Gasteiger charge is 2.45. The molecule has 0 spiro atoms. The van der Waals surface area contributed by atoms with Gasteiger partial charge < -0.3 is 15.5 Å². The maximum absolute atomic E-state index is 12.6. The Morgan fingerprint density at radius 1 is 1.10 bits per heavy atom. The van der Waals surface area contributed by atoms with E-state index in [1.54, 1.807) is 18.5 Å². The number of nitrogens with one attached hydrogen (secondary N) is 2. The first-order valence-electron chi connectivity index (χ1n) is 9.87. The highest BCUT2D eigenvalue weighted by molar-refractivity contribution is 5.94. The lowest BCUT2D eigenvalue weighted by molar-refractivity contribution is -0.121. The Hall–Kier alpha value is -3.00. The number of amides is 2. The number of piperazine rings is 1. The number of fused-ring (bicyclic) bond motifs is 2. The number of anilines is 3. The minimum Gasteiger partial charge on any atom is -0.353 e. The molecule has 0 aliphatic carbocycles. The van der Waals surface area contributed by atoms with Crippen LogP contribution in [-0.2, 0) is 9.59 Å². The van der Waals surface area contributed by atoms with Gasteiger partial charge in [0.05, 0.1) is 6.54 Å². The van der Waals surface area contributed by atoms with Gasteiger partial charge in [0.1, 0.15) is 12.1 Å². The molecule has 2 amide bonds. The second-order valence-electron chi connectivity index (χ2n) is 7.84. The van der Waals surface area contributed by atoms with E-state index in [2.05, 4.69) is 37.3 Å². The highest BCUT2D eigenvalue weighted by atomic mass is 16.2. The molecule has 8 nitrogen and oxygen atoms in total. The van der Waals surface area contributed by atoms with E-state index in [4.69, 9.17) is 0 Å². The molecule has 0 radical (unpaired) electrons. The van der Waals surface area contributed by atoms with Gasteiger partial charge in [-0.25, -0.2) is 9.97 Å². The average Bonchev–Trinajstić information content (AvgIpc) is 2.68. The van der Waals surface area contributed by atoms with Gasteiger partial charge >= 0.3 is 0 Å². The van der Waals surface area contributed by atoms with Crippen molar-refractivity contribution in [2.24, 2.45) is 0 Å². The number of carbonyl (C=O) groups is 2. The average molecular weight is 394 g/mol. The molecule has 3 fully saturated rings. The fourth-order valence-corrected chi connectivity index (χ4v) is 4.21. The van der Waals surface area contributed by atoms with Crippen molar-refractivity contribution in [2.75, 3.05) is 35.2 Å². The van der Waals surface area contributed by atoms with Crippen LogP contribution < -0.4 is 15.5 Å². The Kier molecular flexibility index (Phi) is 5.19. The monoisotopic (exact) mass is 394 g/mol. The first-order chi connectivity index (χ1) is 13.9. The van der Waals surface area contributed by atoms with E-state index in [-0.39, 0.29) is 11.8 Å². The number of benzene rings is 1. The molecule has 5 rings (SSSR count). The molecule has 3 aliphatic rings. The second-order valence-corrected chi connectivity index (χ2v) is 7.84. The largest absolute Gasteiger partial charge is 0.353 e. The Balaban J connectivity index is 1.34. The van der Waals surface area contributed by atoms with Crippen molar-refractivity contribution in [1.29, 1.82) is 0 Å². The molecule has 2 aromatic rings. The third-order valence-corrected chi connectivity index (χ3v) is 5.75. The first-order valence-corrected chi connectivity index (χ1v) is 9.87. The summed E-state index contributed by atoms with van der Waals surface area (Å²) >= 11 is 0. The summed E-state index contributed by atoms with van der Waals surface area (Å²) in [4.78, 5) is 37.1. The zero-order valence-corrected chi connectivity index (χ0v) is 17.0. The Labute approximate surface area is 170 Å². The van der Waals surface area contributed by atoms with Crippen molar-refractivity contribution >= 4 is 29.0 Å². The summed E-state index contributed by atoms with van der Waals surface area (Å²) < 4.78 is 0. The Morgan fingerprint density at radius 3 is 2.48 bits per heavy atom. The van der Waals surface area contributed by atoms with Crippen molar-refractivity contribution < 1.29 is 9.59 Å². The molecule has 1 aromatic heterocycles. The lowest BCUT2D eigenvalue weighted by Gasteiger charge is -2.56. The van der Waals surface area contributed by atoms with E-state index in [1.807, 2.05) is 19.1 Å². The molecular formula is C21H26N6O2. The molecule has 2 atom stereocenters. The smallest absolute Gasteiger partial charge is 0.238 e. The SMILES string of the molecule is CC(=O)Nc1cccc(NC(=O)CN2C3CC2CN(c2ncnc(C)c2C)C3)c1. The molecule has 8 heteroatoms. The fourth-order valence-electron chi connectivity index (χ4n) is 4.21. The van der Waals surface area contributed by atoms with Crippen LogP contribution in [0.15, 0.2) is 30.6 Å². The fraction of sp³-hybridized carbons (Fsp3) is 0.429. The number of carbonyl (C=O) groups excluding carboxylic acids is 2. The van der Waals surface area contributed by atoms with E-state index < -0.39 is 0 Å². The molecular weight excluding hydrogens is 368 g/mol. The van der Waals surface area contributed by atoms with Gasteiger partial charge in [0.2, 0.25) is 11.8 Å². The number of nitrogens with zero attached hydrogens (tertiary/aromatic N) is 4. The van der Waals surface area contributed by atoms with Crippen LogP contribution in [0.3, 0.4) is 0 Å². The van der Waals surface area contributed by atoms with E-state index in [0.717, 1.165) is 36.6 Å². The van der Waals surface area contributed by atoms with Crippen LogP contribution in [0.5, 0.6) is 0 Å². The molecule has 2 N–H and O–H groups in total. The summed E-state index contributed by atoms with van der Waals surface area (Å²) in [6.07, 6.45) is 2.74. The molecule has 29 heavy (non-hydrogen) atoms. The molecule has 2 bridgehead atoms. The lowest BCUT2D eigenvalue weighted by atomic mass is 9.87. The summed E-state index contributed by atoms with van der Waals surface area (Å²) in [5.41, 5.74) is 3.48. The van der Waals surface area contributed by atoms with Crippen molar-refractivity contribution in [3.8, 4) is 0 Å². The minimum absolute atomic E-state index is 0.0396. The second kappa shape index (κ2) is 7.79. The number of rotatable bonds is 5. The number of hydrogen-bond donors (Lipinski definition) is 2. The molecule has 2 unspecified atom stereocenters. The molecule has 3 aliphatic heterocycles. The summed E-state index contributed by atoms with van der Waals surface area (Å²) in [5.74, 6) is 0.828.